The first kappa shape index (κ1) is 13.7. The van der Waals surface area contributed by atoms with E-state index >= 15 is 0 Å². The number of hydrogen-bond donors (Lipinski definition) is 0. The Labute approximate surface area is 102 Å². The van der Waals surface area contributed by atoms with Gasteiger partial charge in [0.1, 0.15) is 0 Å². The van der Waals surface area contributed by atoms with Gasteiger partial charge in [-0.25, -0.2) is 8.42 Å². The lowest BCUT2D eigenvalue weighted by Gasteiger charge is -2.21. The Bertz CT molecular complexity index is 306. The molecular weight excluding hydrogens is 252 g/mol. The highest BCUT2D eigenvalue weighted by molar-refractivity contribution is 7.99. The molecule has 1 aliphatic heterocycles. The fourth-order valence-electron chi connectivity index (χ4n) is 1.45. The van der Waals surface area contributed by atoms with Gasteiger partial charge >= 0.3 is 0 Å². The van der Waals surface area contributed by atoms with E-state index in [0.29, 0.717) is 12.3 Å². The van der Waals surface area contributed by atoms with E-state index in [2.05, 4.69) is 0 Å². The molecule has 0 aromatic rings. The van der Waals surface area contributed by atoms with Crippen LogP contribution in [0.15, 0.2) is 0 Å². The number of alkyl halides is 1. The Balaban J connectivity index is 2.50. The van der Waals surface area contributed by atoms with Crippen LogP contribution in [0, 0.1) is 5.92 Å². The summed E-state index contributed by atoms with van der Waals surface area (Å²) in [4.78, 5) is 0. The second kappa shape index (κ2) is 4.84. The monoisotopic (exact) mass is 270 g/mol. The first-order valence-corrected chi connectivity index (χ1v) is 8.42. The van der Waals surface area contributed by atoms with E-state index in [9.17, 15) is 8.42 Å². The van der Waals surface area contributed by atoms with Gasteiger partial charge in [0.15, 0.2) is 9.84 Å². The van der Waals surface area contributed by atoms with Crippen LogP contribution < -0.4 is 0 Å². The number of hydrogen-bond acceptors (Lipinski definition) is 3. The number of halogens is 1. The van der Waals surface area contributed by atoms with Crippen molar-refractivity contribution in [1.29, 1.82) is 0 Å². The second-order valence-electron chi connectivity index (χ2n) is 5.03. The fourth-order valence-corrected chi connectivity index (χ4v) is 4.60. The van der Waals surface area contributed by atoms with Gasteiger partial charge in [-0.15, -0.1) is 11.6 Å². The van der Waals surface area contributed by atoms with Crippen molar-refractivity contribution in [3.05, 3.63) is 0 Å². The van der Waals surface area contributed by atoms with Crippen molar-refractivity contribution in [2.45, 2.75) is 37.3 Å². The third-order valence-electron chi connectivity index (χ3n) is 2.81. The normalized spacial score (nSPS) is 28.3. The summed E-state index contributed by atoms with van der Waals surface area (Å²) in [6.45, 7) is 5.26. The highest BCUT2D eigenvalue weighted by Gasteiger charge is 2.32. The lowest BCUT2D eigenvalue weighted by Crippen LogP contribution is -2.31. The molecule has 0 radical (unpaired) electrons. The van der Waals surface area contributed by atoms with Gasteiger partial charge in [0.25, 0.3) is 0 Å². The quantitative estimate of drug-likeness (QED) is 0.739. The van der Waals surface area contributed by atoms with E-state index in [-0.39, 0.29) is 11.1 Å². The van der Waals surface area contributed by atoms with Gasteiger partial charge < -0.3 is 0 Å². The summed E-state index contributed by atoms with van der Waals surface area (Å²) < 4.78 is 23.1. The average Bonchev–Trinajstić information content (AvgIpc) is 2.46. The maximum Gasteiger partial charge on any atom is 0.155 e. The Morgan fingerprint density at radius 3 is 2.33 bits per heavy atom. The van der Waals surface area contributed by atoms with Gasteiger partial charge in [0.05, 0.1) is 10.5 Å². The summed E-state index contributed by atoms with van der Waals surface area (Å²) in [6.07, 6.45) is 0.709. The molecule has 2 nitrogen and oxygen atoms in total. The summed E-state index contributed by atoms with van der Waals surface area (Å²) in [5.41, 5.74) is 0. The maximum atomic E-state index is 11.9. The van der Waals surface area contributed by atoms with E-state index in [1.54, 1.807) is 20.8 Å². The molecule has 0 aliphatic carbocycles. The van der Waals surface area contributed by atoms with Crippen molar-refractivity contribution >= 4 is 33.2 Å². The SMILES string of the molecule is CC(C)(C)S(=O)(=O)CCC1CSCC1Cl. The third kappa shape index (κ3) is 3.53. The fraction of sp³-hybridized carbons (Fsp3) is 1.00. The van der Waals surface area contributed by atoms with Crippen LogP contribution in [0.1, 0.15) is 27.2 Å². The summed E-state index contributed by atoms with van der Waals surface area (Å²) in [6, 6.07) is 0. The van der Waals surface area contributed by atoms with Crippen LogP contribution in [0.3, 0.4) is 0 Å². The zero-order chi connectivity index (χ0) is 11.7. The van der Waals surface area contributed by atoms with Gasteiger partial charge in [-0.1, -0.05) is 0 Å². The number of rotatable bonds is 3. The summed E-state index contributed by atoms with van der Waals surface area (Å²) in [5.74, 6) is 2.61. The van der Waals surface area contributed by atoms with Gasteiger partial charge in [-0.2, -0.15) is 11.8 Å². The molecular formula is C10H19ClO2S2. The molecule has 0 aromatic carbocycles. The molecule has 1 saturated heterocycles. The molecule has 1 rings (SSSR count). The highest BCUT2D eigenvalue weighted by atomic mass is 35.5. The van der Waals surface area contributed by atoms with Crippen molar-refractivity contribution in [2.75, 3.05) is 17.3 Å². The summed E-state index contributed by atoms with van der Waals surface area (Å²) in [5, 5.41) is 0.158. The lowest BCUT2D eigenvalue weighted by molar-refractivity contribution is 0.536. The Hall–Kier alpha value is 0.590. The third-order valence-corrected chi connectivity index (χ3v) is 7.40. The molecule has 1 fully saturated rings. The summed E-state index contributed by atoms with van der Waals surface area (Å²) in [7, 11) is -2.98. The zero-order valence-corrected chi connectivity index (χ0v) is 11.9. The van der Waals surface area contributed by atoms with Crippen molar-refractivity contribution < 1.29 is 8.42 Å². The minimum Gasteiger partial charge on any atom is -0.228 e. The Morgan fingerprint density at radius 2 is 1.93 bits per heavy atom. The molecule has 1 heterocycles. The minimum atomic E-state index is -2.98. The van der Waals surface area contributed by atoms with Crippen molar-refractivity contribution in [1.82, 2.24) is 0 Å². The molecule has 0 saturated carbocycles. The van der Waals surface area contributed by atoms with Crippen LogP contribution in [0.2, 0.25) is 0 Å². The Morgan fingerprint density at radius 1 is 1.33 bits per heavy atom. The van der Waals surface area contributed by atoms with E-state index in [1.165, 1.54) is 0 Å². The Kier molecular flexibility index (Phi) is 4.41. The van der Waals surface area contributed by atoms with Crippen LogP contribution in [-0.2, 0) is 9.84 Å². The van der Waals surface area contributed by atoms with E-state index in [0.717, 1.165) is 11.5 Å². The molecule has 0 bridgehead atoms. The van der Waals surface area contributed by atoms with Gasteiger partial charge in [-0.05, 0) is 38.9 Å². The standard InChI is InChI=1S/C10H19ClO2S2/c1-10(2,3)15(12,13)5-4-8-6-14-7-9(8)11/h8-9H,4-7H2,1-3H3. The van der Waals surface area contributed by atoms with Crippen LogP contribution in [0.25, 0.3) is 0 Å². The molecule has 0 spiro atoms. The largest absolute Gasteiger partial charge is 0.228 e. The van der Waals surface area contributed by atoms with Gasteiger partial charge in [-0.3, -0.25) is 0 Å². The predicted molar refractivity (Wildman–Crippen MR) is 68.6 cm³/mol. The van der Waals surface area contributed by atoms with Crippen LogP contribution in [0.5, 0.6) is 0 Å². The van der Waals surface area contributed by atoms with E-state index < -0.39 is 14.6 Å². The number of thioether (sulfide) groups is 1. The lowest BCUT2D eigenvalue weighted by atomic mass is 10.1. The van der Waals surface area contributed by atoms with Crippen LogP contribution in [0.4, 0.5) is 0 Å². The molecule has 2 atom stereocenters. The molecule has 15 heavy (non-hydrogen) atoms. The molecule has 0 amide bonds. The molecule has 0 aromatic heterocycles. The average molecular weight is 271 g/mol. The highest BCUT2D eigenvalue weighted by Crippen LogP contribution is 2.32. The minimum absolute atomic E-state index is 0.158. The van der Waals surface area contributed by atoms with E-state index in [4.69, 9.17) is 11.6 Å². The van der Waals surface area contributed by atoms with E-state index in [1.807, 2.05) is 11.8 Å². The van der Waals surface area contributed by atoms with Crippen LogP contribution >= 0.6 is 23.4 Å². The van der Waals surface area contributed by atoms with Crippen LogP contribution in [-0.4, -0.2) is 35.8 Å². The maximum absolute atomic E-state index is 11.9. The van der Waals surface area contributed by atoms with Gasteiger partial charge in [0.2, 0.25) is 0 Å². The molecule has 90 valence electrons. The topological polar surface area (TPSA) is 34.1 Å². The first-order valence-electron chi connectivity index (χ1n) is 5.18. The predicted octanol–water partition coefficient (Wildman–Crippen LogP) is 2.56. The van der Waals surface area contributed by atoms with Gasteiger partial charge in [0, 0.05) is 11.1 Å². The second-order valence-corrected chi connectivity index (χ2v) is 9.53. The summed E-state index contributed by atoms with van der Waals surface area (Å²) >= 11 is 7.93. The number of sulfone groups is 1. The molecule has 2 unspecified atom stereocenters. The molecule has 1 aliphatic rings. The zero-order valence-electron chi connectivity index (χ0n) is 9.49. The smallest absolute Gasteiger partial charge is 0.155 e. The van der Waals surface area contributed by atoms with Crippen molar-refractivity contribution in [3.8, 4) is 0 Å². The molecule has 5 heteroatoms. The van der Waals surface area contributed by atoms with Crippen molar-refractivity contribution in [3.63, 3.8) is 0 Å². The first-order chi connectivity index (χ1) is 6.74. The molecule has 0 N–H and O–H groups in total. The van der Waals surface area contributed by atoms with Crippen molar-refractivity contribution in [2.24, 2.45) is 5.92 Å².